The molecular weight excluding hydrogens is 571 g/mol. The van der Waals surface area contributed by atoms with Crippen LogP contribution in [0.5, 0.6) is 5.75 Å². The molecule has 0 radical (unpaired) electrons. The standard InChI is InChI=1S/C25H26F3N7O3S.ClH/c1-29-15-7-9-35(10-8-15)21(36)13-30-22(37)14-3-6-19-18(11-14)31-23(34(19)2)33-24-32-17-5-4-16(12-20(17)39-24)38-25(26,27)28;/h3-6,11-12,15,29H,7-10,13H2,1-2H3,(H,30,37)(H,31,32,33);1H. The first kappa shape index (κ1) is 29.4. The number of aryl methyl sites for hydroxylation is 1. The maximum atomic E-state index is 12.7. The van der Waals surface area contributed by atoms with Crippen LogP contribution in [0.2, 0.25) is 0 Å². The summed E-state index contributed by atoms with van der Waals surface area (Å²) in [7, 11) is 3.70. The second-order valence-corrected chi connectivity index (χ2v) is 10.2. The molecule has 2 aromatic carbocycles. The number of nitrogens with zero attached hydrogens (tertiary/aromatic N) is 4. The lowest BCUT2D eigenvalue weighted by molar-refractivity contribution is -0.274. The lowest BCUT2D eigenvalue weighted by Crippen LogP contribution is -2.47. The second-order valence-electron chi connectivity index (χ2n) is 9.15. The molecule has 3 N–H and O–H groups in total. The molecule has 15 heteroatoms. The number of halogens is 4. The Bertz CT molecular complexity index is 1530. The molecule has 40 heavy (non-hydrogen) atoms. The third-order valence-electron chi connectivity index (χ3n) is 6.61. The van der Waals surface area contributed by atoms with Crippen molar-refractivity contribution in [3.63, 3.8) is 0 Å². The highest BCUT2D eigenvalue weighted by Crippen LogP contribution is 2.33. The van der Waals surface area contributed by atoms with E-state index in [1.807, 2.05) is 7.05 Å². The summed E-state index contributed by atoms with van der Waals surface area (Å²) >= 11 is 1.15. The molecule has 1 aliphatic rings. The SMILES string of the molecule is CNC1CCN(C(=O)CNC(=O)c2ccc3c(c2)nc(Nc2nc4ccc(OC(F)(F)F)cc4s2)n3C)CC1.Cl. The third kappa shape index (κ3) is 6.57. The molecule has 0 saturated carbocycles. The molecule has 2 aromatic heterocycles. The summed E-state index contributed by atoms with van der Waals surface area (Å²) in [6.07, 6.45) is -3.01. The number of alkyl halides is 3. The fraction of sp³-hybridized carbons (Fsp3) is 0.360. The van der Waals surface area contributed by atoms with Gasteiger partial charge in [0.15, 0.2) is 5.13 Å². The Morgan fingerprint density at radius 1 is 1.10 bits per heavy atom. The minimum absolute atomic E-state index is 0. The van der Waals surface area contributed by atoms with Gasteiger partial charge in [-0.15, -0.1) is 25.6 Å². The minimum Gasteiger partial charge on any atom is -0.406 e. The van der Waals surface area contributed by atoms with Gasteiger partial charge in [0.2, 0.25) is 11.9 Å². The van der Waals surface area contributed by atoms with Gasteiger partial charge in [-0.3, -0.25) is 9.59 Å². The fourth-order valence-corrected chi connectivity index (χ4v) is 5.38. The maximum absolute atomic E-state index is 12.7. The Balaban J connectivity index is 0.00000370. The van der Waals surface area contributed by atoms with Crippen molar-refractivity contribution >= 4 is 67.9 Å². The van der Waals surface area contributed by atoms with Crippen molar-refractivity contribution in [2.24, 2.45) is 7.05 Å². The number of fused-ring (bicyclic) bond motifs is 2. The molecule has 2 amide bonds. The number of rotatable bonds is 7. The summed E-state index contributed by atoms with van der Waals surface area (Å²) in [5.74, 6) is -0.373. The van der Waals surface area contributed by atoms with Crippen LogP contribution in [-0.2, 0) is 11.8 Å². The van der Waals surface area contributed by atoms with Crippen molar-refractivity contribution in [1.82, 2.24) is 30.1 Å². The molecule has 0 bridgehead atoms. The van der Waals surface area contributed by atoms with Gasteiger partial charge >= 0.3 is 6.36 Å². The van der Waals surface area contributed by atoms with E-state index in [1.165, 1.54) is 18.2 Å². The first-order chi connectivity index (χ1) is 18.6. The predicted molar refractivity (Wildman–Crippen MR) is 149 cm³/mol. The summed E-state index contributed by atoms with van der Waals surface area (Å²) < 4.78 is 43.9. The zero-order chi connectivity index (χ0) is 27.7. The van der Waals surface area contributed by atoms with Gasteiger partial charge in [0.1, 0.15) is 5.75 Å². The smallest absolute Gasteiger partial charge is 0.406 e. The predicted octanol–water partition coefficient (Wildman–Crippen LogP) is 4.19. The number of hydrogen-bond acceptors (Lipinski definition) is 8. The number of ether oxygens (including phenoxy) is 1. The Kier molecular flexibility index (Phi) is 8.71. The highest BCUT2D eigenvalue weighted by atomic mass is 35.5. The van der Waals surface area contributed by atoms with Crippen molar-refractivity contribution in [3.05, 3.63) is 42.0 Å². The molecule has 214 valence electrons. The average Bonchev–Trinajstić information content (AvgIpc) is 3.45. The lowest BCUT2D eigenvalue weighted by atomic mass is 10.1. The van der Waals surface area contributed by atoms with E-state index in [1.54, 1.807) is 34.7 Å². The van der Waals surface area contributed by atoms with Crippen LogP contribution in [0.1, 0.15) is 23.2 Å². The Hall–Kier alpha value is -3.62. The van der Waals surface area contributed by atoms with Crippen LogP contribution in [0.3, 0.4) is 0 Å². The molecule has 1 aliphatic heterocycles. The number of hydrogen-bond donors (Lipinski definition) is 3. The van der Waals surface area contributed by atoms with Crippen molar-refractivity contribution in [1.29, 1.82) is 0 Å². The summed E-state index contributed by atoms with van der Waals surface area (Å²) in [6.45, 7) is 1.24. The number of anilines is 2. The van der Waals surface area contributed by atoms with Crippen molar-refractivity contribution in [2.45, 2.75) is 25.2 Å². The molecule has 1 saturated heterocycles. The molecule has 10 nitrogen and oxygen atoms in total. The largest absolute Gasteiger partial charge is 0.573 e. The van der Waals surface area contributed by atoms with Gasteiger partial charge in [-0.25, -0.2) is 9.97 Å². The van der Waals surface area contributed by atoms with Crippen LogP contribution in [0.4, 0.5) is 24.3 Å². The van der Waals surface area contributed by atoms with Gasteiger partial charge in [0.05, 0.1) is 27.8 Å². The minimum atomic E-state index is -4.78. The molecule has 0 atom stereocenters. The average molecular weight is 598 g/mol. The number of amides is 2. The molecule has 0 unspecified atom stereocenters. The van der Waals surface area contributed by atoms with Crippen LogP contribution in [0, 0.1) is 0 Å². The van der Waals surface area contributed by atoms with Gasteiger partial charge in [-0.05, 0) is 50.2 Å². The van der Waals surface area contributed by atoms with E-state index in [2.05, 4.69) is 30.7 Å². The van der Waals surface area contributed by atoms with Gasteiger partial charge < -0.3 is 30.2 Å². The summed E-state index contributed by atoms with van der Waals surface area (Å²) in [4.78, 5) is 36.0. The van der Waals surface area contributed by atoms with Crippen molar-refractivity contribution in [2.75, 3.05) is 32.0 Å². The summed E-state index contributed by atoms with van der Waals surface area (Å²) in [5, 5.41) is 9.44. The van der Waals surface area contributed by atoms with E-state index < -0.39 is 6.36 Å². The number of thiazole rings is 1. The summed E-state index contributed by atoms with van der Waals surface area (Å²) in [6, 6.07) is 9.40. The first-order valence-corrected chi connectivity index (χ1v) is 13.0. The summed E-state index contributed by atoms with van der Waals surface area (Å²) in [5.41, 5.74) is 2.18. The lowest BCUT2D eigenvalue weighted by Gasteiger charge is -2.31. The van der Waals surface area contributed by atoms with E-state index in [4.69, 9.17) is 0 Å². The number of likely N-dealkylation sites (tertiary alicyclic amines) is 1. The van der Waals surface area contributed by atoms with Crippen LogP contribution >= 0.6 is 23.7 Å². The second kappa shape index (κ2) is 11.9. The fourth-order valence-electron chi connectivity index (χ4n) is 4.49. The van der Waals surface area contributed by atoms with Gasteiger partial charge in [0, 0.05) is 37.8 Å². The van der Waals surface area contributed by atoms with Gasteiger partial charge in [-0.1, -0.05) is 11.3 Å². The number of nitrogens with one attached hydrogen (secondary N) is 3. The number of carbonyl (C=O) groups is 2. The van der Waals surface area contributed by atoms with E-state index in [0.717, 1.165) is 29.7 Å². The number of aromatic nitrogens is 3. The quantitative estimate of drug-likeness (QED) is 0.293. The zero-order valence-electron chi connectivity index (χ0n) is 21.5. The van der Waals surface area contributed by atoms with E-state index in [0.29, 0.717) is 51.5 Å². The normalized spacial score (nSPS) is 14.3. The third-order valence-corrected chi connectivity index (χ3v) is 7.54. The molecular formula is C25H27ClF3N7O3S. The molecule has 4 aromatic rings. The molecule has 1 fully saturated rings. The van der Waals surface area contributed by atoms with Crippen LogP contribution in [0.25, 0.3) is 21.3 Å². The van der Waals surface area contributed by atoms with Gasteiger partial charge in [0.25, 0.3) is 5.91 Å². The van der Waals surface area contributed by atoms with Gasteiger partial charge in [-0.2, -0.15) is 0 Å². The number of imidazole rings is 1. The maximum Gasteiger partial charge on any atom is 0.573 e. The van der Waals surface area contributed by atoms with Crippen LogP contribution in [0.15, 0.2) is 36.4 Å². The molecule has 5 rings (SSSR count). The van der Waals surface area contributed by atoms with Crippen molar-refractivity contribution < 1.29 is 27.5 Å². The first-order valence-electron chi connectivity index (χ1n) is 12.2. The molecule has 0 aliphatic carbocycles. The molecule has 3 heterocycles. The van der Waals surface area contributed by atoms with Crippen molar-refractivity contribution in [3.8, 4) is 5.75 Å². The topological polar surface area (TPSA) is 113 Å². The highest BCUT2D eigenvalue weighted by molar-refractivity contribution is 7.22. The Labute approximate surface area is 237 Å². The van der Waals surface area contributed by atoms with Crippen LogP contribution < -0.4 is 20.7 Å². The Morgan fingerprint density at radius 2 is 1.85 bits per heavy atom. The Morgan fingerprint density at radius 3 is 2.55 bits per heavy atom. The number of benzene rings is 2. The van der Waals surface area contributed by atoms with E-state index in [-0.39, 0.29) is 36.5 Å². The monoisotopic (exact) mass is 597 g/mol. The van der Waals surface area contributed by atoms with Crippen LogP contribution in [-0.4, -0.2) is 70.3 Å². The number of carbonyl (C=O) groups excluding carboxylic acids is 2. The van der Waals surface area contributed by atoms with E-state index in [9.17, 15) is 22.8 Å². The zero-order valence-corrected chi connectivity index (χ0v) is 23.2. The highest BCUT2D eigenvalue weighted by Gasteiger charge is 2.31. The number of piperidine rings is 1. The van der Waals surface area contributed by atoms with E-state index >= 15 is 0 Å². The molecule has 0 spiro atoms.